The minimum atomic E-state index is 0.594. The summed E-state index contributed by atoms with van der Waals surface area (Å²) in [6.45, 7) is 0.594. The number of thiophene rings is 1. The van der Waals surface area contributed by atoms with Crippen molar-refractivity contribution in [3.8, 4) is 11.5 Å². The summed E-state index contributed by atoms with van der Waals surface area (Å²) in [5.74, 6) is 1.70. The number of benzene rings is 2. The van der Waals surface area contributed by atoms with Crippen LogP contribution in [0.4, 0.5) is 0 Å². The van der Waals surface area contributed by atoms with Gasteiger partial charge in [-0.3, -0.25) is 0 Å². The second-order valence-corrected chi connectivity index (χ2v) is 5.13. The molecule has 0 saturated heterocycles. The highest BCUT2D eigenvalue weighted by molar-refractivity contribution is 7.17. The minimum Gasteiger partial charge on any atom is -0.497 e. The molecule has 19 heavy (non-hydrogen) atoms. The van der Waals surface area contributed by atoms with Gasteiger partial charge in [0.25, 0.3) is 0 Å². The van der Waals surface area contributed by atoms with E-state index in [0.717, 1.165) is 11.5 Å². The first-order valence-corrected chi connectivity index (χ1v) is 6.97. The second kappa shape index (κ2) is 5.33. The Bertz CT molecular complexity index is 671. The molecule has 1 aromatic heterocycles. The Balaban J connectivity index is 1.74. The van der Waals surface area contributed by atoms with E-state index < -0.39 is 0 Å². The Morgan fingerprint density at radius 2 is 1.68 bits per heavy atom. The molecule has 0 saturated carbocycles. The first-order chi connectivity index (χ1) is 9.36. The summed E-state index contributed by atoms with van der Waals surface area (Å²) in [7, 11) is 1.66. The third-order valence-corrected chi connectivity index (χ3v) is 4.03. The van der Waals surface area contributed by atoms with Gasteiger partial charge in [0.05, 0.1) is 7.11 Å². The lowest BCUT2D eigenvalue weighted by molar-refractivity contribution is 0.307. The standard InChI is InChI=1S/C16H14O2S/c1-17-13-6-8-14(9-7-13)18-10-12-11-19-16-5-3-2-4-15(12)16/h2-9,11H,10H2,1H3. The average Bonchev–Trinajstić information content (AvgIpc) is 2.89. The predicted molar refractivity (Wildman–Crippen MR) is 79.2 cm³/mol. The maximum absolute atomic E-state index is 5.81. The normalized spacial score (nSPS) is 10.6. The molecule has 3 aromatic rings. The van der Waals surface area contributed by atoms with Crippen LogP contribution in [0.3, 0.4) is 0 Å². The maximum Gasteiger partial charge on any atom is 0.120 e. The zero-order valence-corrected chi connectivity index (χ0v) is 11.4. The zero-order chi connectivity index (χ0) is 13.1. The summed E-state index contributed by atoms with van der Waals surface area (Å²) in [5, 5.41) is 3.44. The van der Waals surface area contributed by atoms with E-state index in [1.807, 2.05) is 24.3 Å². The summed E-state index contributed by atoms with van der Waals surface area (Å²) >= 11 is 1.76. The third kappa shape index (κ3) is 2.56. The average molecular weight is 270 g/mol. The van der Waals surface area contributed by atoms with E-state index in [2.05, 4.69) is 29.6 Å². The van der Waals surface area contributed by atoms with E-state index in [9.17, 15) is 0 Å². The fraction of sp³-hybridized carbons (Fsp3) is 0.125. The Kier molecular flexibility index (Phi) is 3.38. The Morgan fingerprint density at radius 1 is 0.947 bits per heavy atom. The molecule has 1 heterocycles. The van der Waals surface area contributed by atoms with Crippen LogP contribution < -0.4 is 9.47 Å². The SMILES string of the molecule is COc1ccc(OCc2csc3ccccc23)cc1. The van der Waals surface area contributed by atoms with Crippen molar-refractivity contribution in [2.24, 2.45) is 0 Å². The number of methoxy groups -OCH3 is 1. The van der Waals surface area contributed by atoms with Gasteiger partial charge in [-0.25, -0.2) is 0 Å². The van der Waals surface area contributed by atoms with E-state index >= 15 is 0 Å². The van der Waals surface area contributed by atoms with Crippen molar-refractivity contribution >= 4 is 21.4 Å². The van der Waals surface area contributed by atoms with Gasteiger partial charge in [0.2, 0.25) is 0 Å². The summed E-state index contributed by atoms with van der Waals surface area (Å²) in [6.07, 6.45) is 0. The molecule has 96 valence electrons. The van der Waals surface area contributed by atoms with Gasteiger partial charge in [-0.1, -0.05) is 18.2 Å². The Morgan fingerprint density at radius 3 is 2.47 bits per heavy atom. The van der Waals surface area contributed by atoms with Gasteiger partial charge in [0.1, 0.15) is 18.1 Å². The van der Waals surface area contributed by atoms with Crippen molar-refractivity contribution in [2.45, 2.75) is 6.61 Å². The van der Waals surface area contributed by atoms with Crippen LogP contribution in [0.2, 0.25) is 0 Å². The van der Waals surface area contributed by atoms with Crippen molar-refractivity contribution in [1.82, 2.24) is 0 Å². The number of hydrogen-bond donors (Lipinski definition) is 0. The highest BCUT2D eigenvalue weighted by atomic mass is 32.1. The minimum absolute atomic E-state index is 0.594. The van der Waals surface area contributed by atoms with Crippen molar-refractivity contribution in [2.75, 3.05) is 7.11 Å². The molecule has 0 bridgehead atoms. The predicted octanol–water partition coefficient (Wildman–Crippen LogP) is 4.49. The molecule has 0 spiro atoms. The van der Waals surface area contributed by atoms with Crippen molar-refractivity contribution < 1.29 is 9.47 Å². The van der Waals surface area contributed by atoms with Crippen molar-refractivity contribution in [3.05, 3.63) is 59.5 Å². The molecule has 0 radical (unpaired) electrons. The molecule has 3 rings (SSSR count). The number of ether oxygens (including phenoxy) is 2. The molecular weight excluding hydrogens is 256 g/mol. The molecule has 0 fully saturated rings. The summed E-state index contributed by atoms with van der Waals surface area (Å²) in [5.41, 5.74) is 1.23. The van der Waals surface area contributed by atoms with Gasteiger partial charge in [0, 0.05) is 10.3 Å². The van der Waals surface area contributed by atoms with Crippen LogP contribution in [0.15, 0.2) is 53.9 Å². The van der Waals surface area contributed by atoms with E-state index in [-0.39, 0.29) is 0 Å². The lowest BCUT2D eigenvalue weighted by Gasteiger charge is -2.06. The topological polar surface area (TPSA) is 18.5 Å². The van der Waals surface area contributed by atoms with E-state index in [1.165, 1.54) is 15.6 Å². The van der Waals surface area contributed by atoms with Gasteiger partial charge >= 0.3 is 0 Å². The fourth-order valence-corrected chi connectivity index (χ4v) is 2.93. The van der Waals surface area contributed by atoms with Gasteiger partial charge < -0.3 is 9.47 Å². The van der Waals surface area contributed by atoms with Crippen LogP contribution in [-0.2, 0) is 6.61 Å². The molecule has 0 unspecified atom stereocenters. The molecule has 2 aromatic carbocycles. The van der Waals surface area contributed by atoms with Crippen molar-refractivity contribution in [1.29, 1.82) is 0 Å². The van der Waals surface area contributed by atoms with E-state index in [1.54, 1.807) is 18.4 Å². The van der Waals surface area contributed by atoms with Gasteiger partial charge in [-0.05, 0) is 41.1 Å². The lowest BCUT2D eigenvalue weighted by Crippen LogP contribution is -1.94. The monoisotopic (exact) mass is 270 g/mol. The highest BCUT2D eigenvalue weighted by Crippen LogP contribution is 2.27. The molecule has 0 aliphatic heterocycles. The van der Waals surface area contributed by atoms with Crippen LogP contribution in [-0.4, -0.2) is 7.11 Å². The Hall–Kier alpha value is -2.00. The molecule has 0 aliphatic rings. The second-order valence-electron chi connectivity index (χ2n) is 4.22. The number of fused-ring (bicyclic) bond motifs is 1. The van der Waals surface area contributed by atoms with Gasteiger partial charge in [-0.15, -0.1) is 11.3 Å². The molecular formula is C16H14O2S. The van der Waals surface area contributed by atoms with Crippen LogP contribution in [0.25, 0.3) is 10.1 Å². The lowest BCUT2D eigenvalue weighted by atomic mass is 10.2. The van der Waals surface area contributed by atoms with Gasteiger partial charge in [0.15, 0.2) is 0 Å². The fourth-order valence-electron chi connectivity index (χ4n) is 1.98. The number of rotatable bonds is 4. The molecule has 0 atom stereocenters. The quantitative estimate of drug-likeness (QED) is 0.695. The first-order valence-electron chi connectivity index (χ1n) is 6.09. The molecule has 0 amide bonds. The smallest absolute Gasteiger partial charge is 0.120 e. The molecule has 0 N–H and O–H groups in total. The summed E-state index contributed by atoms with van der Waals surface area (Å²) in [4.78, 5) is 0. The van der Waals surface area contributed by atoms with Crippen molar-refractivity contribution in [3.63, 3.8) is 0 Å². The van der Waals surface area contributed by atoms with E-state index in [0.29, 0.717) is 6.61 Å². The maximum atomic E-state index is 5.81. The summed E-state index contributed by atoms with van der Waals surface area (Å²) in [6, 6.07) is 16.1. The Labute approximate surface area is 116 Å². The van der Waals surface area contributed by atoms with Crippen LogP contribution in [0, 0.1) is 0 Å². The largest absolute Gasteiger partial charge is 0.497 e. The highest BCUT2D eigenvalue weighted by Gasteiger charge is 2.04. The van der Waals surface area contributed by atoms with Crippen LogP contribution in [0.5, 0.6) is 11.5 Å². The summed E-state index contributed by atoms with van der Waals surface area (Å²) < 4.78 is 12.2. The number of hydrogen-bond acceptors (Lipinski definition) is 3. The molecule has 0 aliphatic carbocycles. The van der Waals surface area contributed by atoms with Crippen LogP contribution in [0.1, 0.15) is 5.56 Å². The van der Waals surface area contributed by atoms with E-state index in [4.69, 9.17) is 9.47 Å². The molecule has 2 nitrogen and oxygen atoms in total. The third-order valence-electron chi connectivity index (χ3n) is 3.01. The first kappa shape index (κ1) is 12.1. The van der Waals surface area contributed by atoms with Crippen LogP contribution >= 0.6 is 11.3 Å². The molecule has 3 heteroatoms. The van der Waals surface area contributed by atoms with Gasteiger partial charge in [-0.2, -0.15) is 0 Å². The zero-order valence-electron chi connectivity index (χ0n) is 10.6.